The third kappa shape index (κ3) is 2.20. The highest BCUT2D eigenvalue weighted by Gasteiger charge is 2.32. The van der Waals surface area contributed by atoms with E-state index >= 15 is 0 Å². The minimum absolute atomic E-state index is 0.478. The Labute approximate surface area is 98.0 Å². The van der Waals surface area contributed by atoms with Crippen LogP contribution < -0.4 is 5.32 Å². The minimum Gasteiger partial charge on any atom is -0.310 e. The van der Waals surface area contributed by atoms with Crippen LogP contribution in [0.3, 0.4) is 0 Å². The van der Waals surface area contributed by atoms with E-state index in [9.17, 15) is 0 Å². The van der Waals surface area contributed by atoms with E-state index < -0.39 is 0 Å². The molecular formula is C14H20N2. The van der Waals surface area contributed by atoms with Crippen LogP contribution in [0.2, 0.25) is 0 Å². The van der Waals surface area contributed by atoms with Crippen molar-refractivity contribution < 1.29 is 0 Å². The van der Waals surface area contributed by atoms with Crippen molar-refractivity contribution in [3.63, 3.8) is 0 Å². The zero-order valence-electron chi connectivity index (χ0n) is 10.2. The summed E-state index contributed by atoms with van der Waals surface area (Å²) in [5.41, 5.74) is 2.78. The van der Waals surface area contributed by atoms with E-state index in [1.54, 1.807) is 0 Å². The fraction of sp³-hybridized carbons (Fsp3) is 0.643. The summed E-state index contributed by atoms with van der Waals surface area (Å²) in [6.07, 6.45) is 8.69. The van der Waals surface area contributed by atoms with Gasteiger partial charge in [0.05, 0.1) is 6.07 Å². The van der Waals surface area contributed by atoms with Gasteiger partial charge in [0.15, 0.2) is 0 Å². The van der Waals surface area contributed by atoms with Gasteiger partial charge >= 0.3 is 0 Å². The van der Waals surface area contributed by atoms with Crippen LogP contribution >= 0.6 is 0 Å². The molecule has 16 heavy (non-hydrogen) atoms. The van der Waals surface area contributed by atoms with Crippen LogP contribution in [0.1, 0.15) is 39.5 Å². The molecule has 2 heteroatoms. The Bertz CT molecular complexity index is 373. The highest BCUT2D eigenvalue weighted by atomic mass is 14.9. The summed E-state index contributed by atoms with van der Waals surface area (Å²) in [5, 5.41) is 12.4. The van der Waals surface area contributed by atoms with Gasteiger partial charge in [-0.15, -0.1) is 0 Å². The van der Waals surface area contributed by atoms with E-state index in [4.69, 9.17) is 5.26 Å². The summed E-state index contributed by atoms with van der Waals surface area (Å²) in [6.45, 7) is 5.77. The Kier molecular flexibility index (Phi) is 3.16. The maximum Gasteiger partial charge on any atom is 0.0950 e. The van der Waals surface area contributed by atoms with Crippen LogP contribution in [0.4, 0.5) is 0 Å². The maximum atomic E-state index is 8.86. The molecule has 1 aliphatic heterocycles. The van der Waals surface area contributed by atoms with Crippen LogP contribution in [0.25, 0.3) is 0 Å². The lowest BCUT2D eigenvalue weighted by atomic mass is 9.74. The van der Waals surface area contributed by atoms with Crippen molar-refractivity contribution in [2.75, 3.05) is 6.54 Å². The number of hydrogen-bond donors (Lipinski definition) is 1. The van der Waals surface area contributed by atoms with Gasteiger partial charge in [-0.1, -0.05) is 26.3 Å². The molecule has 1 aliphatic carbocycles. The van der Waals surface area contributed by atoms with Crippen LogP contribution in [-0.4, -0.2) is 12.6 Å². The molecule has 0 aromatic rings. The monoisotopic (exact) mass is 216 g/mol. The van der Waals surface area contributed by atoms with E-state index in [1.807, 2.05) is 6.08 Å². The first kappa shape index (κ1) is 11.4. The zero-order chi connectivity index (χ0) is 11.6. The van der Waals surface area contributed by atoms with E-state index in [-0.39, 0.29) is 0 Å². The van der Waals surface area contributed by atoms with Crippen molar-refractivity contribution in [3.8, 4) is 6.07 Å². The number of nitrogens with zero attached hydrogens (tertiary/aromatic N) is 1. The SMILES string of the molecule is CCC1(C)CCNC(C2=CC=C(C#N)C2)C1. The average Bonchev–Trinajstić information content (AvgIpc) is 2.78. The molecule has 0 saturated carbocycles. The molecule has 1 saturated heterocycles. The fourth-order valence-electron chi connectivity index (χ4n) is 2.66. The molecule has 2 aliphatic rings. The number of hydrogen-bond acceptors (Lipinski definition) is 2. The Morgan fingerprint density at radius 3 is 3.00 bits per heavy atom. The zero-order valence-corrected chi connectivity index (χ0v) is 10.2. The number of nitrogens with one attached hydrogen (secondary N) is 1. The molecule has 0 aromatic heterocycles. The quantitative estimate of drug-likeness (QED) is 0.770. The van der Waals surface area contributed by atoms with Crippen molar-refractivity contribution in [2.24, 2.45) is 5.41 Å². The van der Waals surface area contributed by atoms with Gasteiger partial charge in [0, 0.05) is 18.0 Å². The number of nitriles is 1. The summed E-state index contributed by atoms with van der Waals surface area (Å²) < 4.78 is 0. The van der Waals surface area contributed by atoms with Gasteiger partial charge in [0.2, 0.25) is 0 Å². The molecule has 1 fully saturated rings. The summed E-state index contributed by atoms with van der Waals surface area (Å²) in [4.78, 5) is 0. The normalized spacial score (nSPS) is 34.2. The summed E-state index contributed by atoms with van der Waals surface area (Å²) >= 11 is 0. The smallest absolute Gasteiger partial charge is 0.0950 e. The molecule has 0 amide bonds. The molecule has 0 aromatic carbocycles. The largest absolute Gasteiger partial charge is 0.310 e. The Morgan fingerprint density at radius 1 is 1.56 bits per heavy atom. The van der Waals surface area contributed by atoms with E-state index in [1.165, 1.54) is 24.8 Å². The second kappa shape index (κ2) is 4.43. The van der Waals surface area contributed by atoms with Gasteiger partial charge in [-0.05, 0) is 36.5 Å². The number of allylic oxidation sites excluding steroid dienone is 3. The number of rotatable bonds is 2. The molecule has 2 atom stereocenters. The van der Waals surface area contributed by atoms with Gasteiger partial charge in [-0.3, -0.25) is 0 Å². The Balaban J connectivity index is 2.00. The first-order valence-corrected chi connectivity index (χ1v) is 6.20. The predicted molar refractivity (Wildman–Crippen MR) is 65.8 cm³/mol. The molecule has 2 nitrogen and oxygen atoms in total. The predicted octanol–water partition coefficient (Wildman–Crippen LogP) is 2.93. The molecular weight excluding hydrogens is 196 g/mol. The lowest BCUT2D eigenvalue weighted by Gasteiger charge is -2.39. The third-order valence-electron chi connectivity index (χ3n) is 4.15. The Hall–Kier alpha value is -1.07. The maximum absolute atomic E-state index is 8.86. The summed E-state index contributed by atoms with van der Waals surface area (Å²) in [6, 6.07) is 2.74. The van der Waals surface area contributed by atoms with Gasteiger partial charge in [0.25, 0.3) is 0 Å². The topological polar surface area (TPSA) is 35.8 Å². The number of piperidine rings is 1. The standard InChI is InChI=1S/C14H20N2/c1-3-14(2)6-7-16-13(9-14)12-5-4-11(8-12)10-15/h4-5,13,16H,3,6-9H2,1-2H3. The molecule has 0 bridgehead atoms. The van der Waals surface area contributed by atoms with Crippen molar-refractivity contribution in [2.45, 2.75) is 45.6 Å². The van der Waals surface area contributed by atoms with Crippen molar-refractivity contribution >= 4 is 0 Å². The summed E-state index contributed by atoms with van der Waals surface area (Å²) in [7, 11) is 0. The van der Waals surface area contributed by atoms with Crippen LogP contribution in [0.15, 0.2) is 23.3 Å². The highest BCUT2D eigenvalue weighted by Crippen LogP contribution is 2.37. The van der Waals surface area contributed by atoms with Crippen molar-refractivity contribution in [3.05, 3.63) is 23.3 Å². The van der Waals surface area contributed by atoms with Crippen LogP contribution in [-0.2, 0) is 0 Å². The summed E-state index contributed by atoms with van der Waals surface area (Å²) in [5.74, 6) is 0. The second-order valence-corrected chi connectivity index (χ2v) is 5.35. The van der Waals surface area contributed by atoms with Gasteiger partial charge in [-0.2, -0.15) is 5.26 Å². The fourth-order valence-corrected chi connectivity index (χ4v) is 2.66. The lowest BCUT2D eigenvalue weighted by Crippen LogP contribution is -2.43. The average molecular weight is 216 g/mol. The third-order valence-corrected chi connectivity index (χ3v) is 4.15. The van der Waals surface area contributed by atoms with Crippen molar-refractivity contribution in [1.82, 2.24) is 5.32 Å². The first-order valence-electron chi connectivity index (χ1n) is 6.20. The van der Waals surface area contributed by atoms with Crippen molar-refractivity contribution in [1.29, 1.82) is 5.26 Å². The first-order chi connectivity index (χ1) is 7.67. The molecule has 86 valence electrons. The Morgan fingerprint density at radius 2 is 2.38 bits per heavy atom. The molecule has 1 heterocycles. The van der Waals surface area contributed by atoms with Crippen LogP contribution in [0, 0.1) is 16.7 Å². The second-order valence-electron chi connectivity index (χ2n) is 5.35. The van der Waals surface area contributed by atoms with Gasteiger partial charge in [0.1, 0.15) is 0 Å². The van der Waals surface area contributed by atoms with Crippen LogP contribution in [0.5, 0.6) is 0 Å². The van der Waals surface area contributed by atoms with E-state index in [0.717, 1.165) is 18.5 Å². The van der Waals surface area contributed by atoms with E-state index in [2.05, 4.69) is 31.3 Å². The molecule has 0 spiro atoms. The molecule has 0 radical (unpaired) electrons. The molecule has 2 rings (SSSR count). The molecule has 2 unspecified atom stereocenters. The van der Waals surface area contributed by atoms with Gasteiger partial charge < -0.3 is 5.32 Å². The minimum atomic E-state index is 0.478. The van der Waals surface area contributed by atoms with E-state index in [0.29, 0.717) is 11.5 Å². The highest BCUT2D eigenvalue weighted by molar-refractivity contribution is 5.40. The lowest BCUT2D eigenvalue weighted by molar-refractivity contribution is 0.192. The van der Waals surface area contributed by atoms with Gasteiger partial charge in [-0.25, -0.2) is 0 Å². The molecule has 1 N–H and O–H groups in total.